The molecule has 0 bridgehead atoms. The fourth-order valence-electron chi connectivity index (χ4n) is 3.81. The molecule has 3 aromatic carbocycles. The number of anilines is 3. The number of nitrogens with one attached hydrogen (secondary N) is 1. The fourth-order valence-corrected chi connectivity index (χ4v) is 4.45. The zero-order valence-corrected chi connectivity index (χ0v) is 21.2. The Morgan fingerprint density at radius 2 is 1.48 bits per heavy atom. The Bertz CT molecular complexity index is 1370. The van der Waals surface area contributed by atoms with Crippen molar-refractivity contribution in [2.45, 2.75) is 11.4 Å². The number of nitrogen functional groups attached to an aromatic ring is 1. The number of nitrogens with zero attached hydrogens (tertiary/aromatic N) is 1. The van der Waals surface area contributed by atoms with Crippen molar-refractivity contribution in [1.82, 2.24) is 4.90 Å². The van der Waals surface area contributed by atoms with Crippen LogP contribution in [-0.4, -0.2) is 43.5 Å². The van der Waals surface area contributed by atoms with Gasteiger partial charge in [0.1, 0.15) is 10.1 Å². The van der Waals surface area contributed by atoms with E-state index >= 15 is 0 Å². The molecule has 3 N–H and O–H groups in total. The van der Waals surface area contributed by atoms with Gasteiger partial charge in [0, 0.05) is 23.4 Å². The third kappa shape index (κ3) is 4.74. The molecular formula is C23H20N3NaO5S. The summed E-state index contributed by atoms with van der Waals surface area (Å²) in [6.45, 7) is 0.722. The maximum absolute atomic E-state index is 13.3. The molecule has 33 heavy (non-hydrogen) atoms. The average Bonchev–Trinajstić information content (AvgIpc) is 2.73. The van der Waals surface area contributed by atoms with E-state index in [4.69, 9.17) is 5.73 Å². The molecule has 1 aliphatic rings. The van der Waals surface area contributed by atoms with Crippen LogP contribution >= 0.6 is 0 Å². The van der Waals surface area contributed by atoms with Crippen LogP contribution in [0.1, 0.15) is 37.4 Å². The Morgan fingerprint density at radius 1 is 0.939 bits per heavy atom. The first kappa shape index (κ1) is 25.1. The molecule has 0 fully saturated rings. The van der Waals surface area contributed by atoms with Gasteiger partial charge >= 0.3 is 29.6 Å². The van der Waals surface area contributed by atoms with Crippen molar-refractivity contribution in [3.8, 4) is 0 Å². The Kier molecular flexibility index (Phi) is 7.13. The standard InChI is InChI=1S/C23H21N3O5S.Na/c1-26(2)12-13-7-9-14(10-8-13)25-17-11-18(32(29,30)31)21(24)20-19(17)22(27)15-5-3-4-6-16(15)23(20)28;/h3-11,25H,12,24H2,1-2H3,(H,29,30,31);/q;+1/p-1. The van der Waals surface area contributed by atoms with Gasteiger partial charge in [0.15, 0.2) is 11.6 Å². The summed E-state index contributed by atoms with van der Waals surface area (Å²) in [7, 11) is -1.12. The van der Waals surface area contributed by atoms with Crippen LogP contribution in [0.25, 0.3) is 0 Å². The molecule has 3 aromatic rings. The first-order chi connectivity index (χ1) is 15.1. The topological polar surface area (TPSA) is 133 Å². The van der Waals surface area contributed by atoms with Crippen molar-refractivity contribution in [2.75, 3.05) is 25.1 Å². The van der Waals surface area contributed by atoms with E-state index in [1.54, 1.807) is 24.3 Å². The van der Waals surface area contributed by atoms with Gasteiger partial charge in [-0.2, -0.15) is 0 Å². The molecule has 0 radical (unpaired) electrons. The van der Waals surface area contributed by atoms with Crippen LogP contribution in [0.4, 0.5) is 17.1 Å². The number of rotatable bonds is 5. The molecule has 4 rings (SSSR count). The van der Waals surface area contributed by atoms with Gasteiger partial charge in [-0.25, -0.2) is 8.42 Å². The predicted octanol–water partition coefficient (Wildman–Crippen LogP) is -0.242. The summed E-state index contributed by atoms with van der Waals surface area (Å²) >= 11 is 0. The van der Waals surface area contributed by atoms with E-state index in [1.165, 1.54) is 12.1 Å². The van der Waals surface area contributed by atoms with Gasteiger partial charge in [-0.1, -0.05) is 36.4 Å². The summed E-state index contributed by atoms with van der Waals surface area (Å²) in [6.07, 6.45) is 0. The van der Waals surface area contributed by atoms with Crippen LogP contribution in [0.15, 0.2) is 59.5 Å². The summed E-state index contributed by atoms with van der Waals surface area (Å²) in [5.41, 5.74) is 7.00. The first-order valence-electron chi connectivity index (χ1n) is 9.69. The number of nitrogens with two attached hydrogens (primary N) is 1. The van der Waals surface area contributed by atoms with Gasteiger partial charge in [0.2, 0.25) is 0 Å². The van der Waals surface area contributed by atoms with E-state index in [1.807, 2.05) is 31.1 Å². The molecule has 0 unspecified atom stereocenters. The van der Waals surface area contributed by atoms with Crippen LogP contribution in [0, 0.1) is 0 Å². The predicted molar refractivity (Wildman–Crippen MR) is 119 cm³/mol. The van der Waals surface area contributed by atoms with Gasteiger partial charge < -0.3 is 20.5 Å². The second-order valence-corrected chi connectivity index (χ2v) is 9.15. The van der Waals surface area contributed by atoms with Crippen molar-refractivity contribution < 1.29 is 52.1 Å². The molecule has 0 saturated carbocycles. The minimum atomic E-state index is -5.00. The summed E-state index contributed by atoms with van der Waals surface area (Å²) < 4.78 is 35.6. The number of hydrogen-bond donors (Lipinski definition) is 2. The van der Waals surface area contributed by atoms with Gasteiger partial charge in [-0.3, -0.25) is 9.59 Å². The number of hydrogen-bond acceptors (Lipinski definition) is 8. The molecular weight excluding hydrogens is 453 g/mol. The molecule has 0 atom stereocenters. The molecule has 0 saturated heterocycles. The SMILES string of the molecule is CN(C)Cc1ccc(Nc2cc(S(=O)(=O)[O-])c(N)c3c2C(=O)c2ccccc2C3=O)cc1.[Na+]. The number of ketones is 2. The Labute approximate surface area is 213 Å². The zero-order valence-electron chi connectivity index (χ0n) is 18.4. The quantitative estimate of drug-likeness (QED) is 0.231. The third-order valence-corrected chi connectivity index (χ3v) is 6.08. The van der Waals surface area contributed by atoms with Crippen LogP contribution in [0.5, 0.6) is 0 Å². The van der Waals surface area contributed by atoms with Crippen LogP contribution in [-0.2, 0) is 16.7 Å². The average molecular weight is 473 g/mol. The largest absolute Gasteiger partial charge is 1.00 e. The molecule has 0 spiro atoms. The normalized spacial score (nSPS) is 12.7. The molecule has 0 amide bonds. The van der Waals surface area contributed by atoms with E-state index in [2.05, 4.69) is 5.32 Å². The smallest absolute Gasteiger partial charge is 0.744 e. The fraction of sp³-hybridized carbons (Fsp3) is 0.130. The van der Waals surface area contributed by atoms with Crippen LogP contribution < -0.4 is 40.6 Å². The Morgan fingerprint density at radius 3 is 2.00 bits per heavy atom. The van der Waals surface area contributed by atoms with Crippen molar-refractivity contribution >= 4 is 38.7 Å². The second-order valence-electron chi connectivity index (χ2n) is 7.80. The van der Waals surface area contributed by atoms with E-state index in [-0.39, 0.29) is 57.5 Å². The minimum Gasteiger partial charge on any atom is -0.744 e. The molecule has 0 aliphatic heterocycles. The molecule has 8 nitrogen and oxygen atoms in total. The maximum Gasteiger partial charge on any atom is 1.00 e. The monoisotopic (exact) mass is 473 g/mol. The summed E-state index contributed by atoms with van der Waals surface area (Å²) in [5, 5.41) is 2.99. The van der Waals surface area contributed by atoms with E-state index in [9.17, 15) is 22.6 Å². The van der Waals surface area contributed by atoms with Crippen molar-refractivity contribution in [3.05, 3.63) is 82.4 Å². The van der Waals surface area contributed by atoms with E-state index in [0.29, 0.717) is 5.69 Å². The second kappa shape index (κ2) is 9.38. The van der Waals surface area contributed by atoms with Gasteiger partial charge in [0.05, 0.1) is 27.4 Å². The first-order valence-corrected chi connectivity index (χ1v) is 11.1. The molecule has 10 heteroatoms. The third-order valence-electron chi connectivity index (χ3n) is 5.20. The van der Waals surface area contributed by atoms with Crippen molar-refractivity contribution in [1.29, 1.82) is 0 Å². The number of carbonyl (C=O) groups excluding carboxylic acids is 2. The zero-order chi connectivity index (χ0) is 23.2. The number of benzene rings is 3. The molecule has 164 valence electrons. The van der Waals surface area contributed by atoms with Crippen molar-refractivity contribution in [2.24, 2.45) is 0 Å². The van der Waals surface area contributed by atoms with E-state index in [0.717, 1.165) is 18.2 Å². The molecule has 0 heterocycles. The summed E-state index contributed by atoms with van der Waals surface area (Å²) in [4.78, 5) is 27.7. The van der Waals surface area contributed by atoms with Crippen molar-refractivity contribution in [3.63, 3.8) is 0 Å². The van der Waals surface area contributed by atoms with E-state index < -0.39 is 32.3 Å². The Hall–Kier alpha value is -2.53. The number of fused-ring (bicyclic) bond motifs is 2. The minimum absolute atomic E-state index is 0. The van der Waals surface area contributed by atoms with Gasteiger partial charge in [-0.15, -0.1) is 0 Å². The Balaban J connectivity index is 0.00000306. The number of carbonyl (C=O) groups is 2. The molecule has 1 aliphatic carbocycles. The van der Waals surface area contributed by atoms with Crippen LogP contribution in [0.3, 0.4) is 0 Å². The maximum atomic E-state index is 13.3. The molecule has 0 aromatic heterocycles. The van der Waals surface area contributed by atoms with Gasteiger partial charge in [0.25, 0.3) is 0 Å². The summed E-state index contributed by atoms with van der Waals surface area (Å²) in [5.74, 6) is -1.09. The van der Waals surface area contributed by atoms with Crippen LogP contribution in [0.2, 0.25) is 0 Å². The summed E-state index contributed by atoms with van der Waals surface area (Å²) in [6, 6.07) is 14.5. The van der Waals surface area contributed by atoms with Gasteiger partial charge in [-0.05, 0) is 37.9 Å².